The van der Waals surface area contributed by atoms with Gasteiger partial charge in [-0.15, -0.1) is 23.5 Å². The number of nitrogens with zero attached hydrogens (tertiary/aromatic N) is 1. The van der Waals surface area contributed by atoms with Crippen LogP contribution in [0.1, 0.15) is 65.7 Å². The summed E-state index contributed by atoms with van der Waals surface area (Å²) in [5.74, 6) is 1.56. The average molecular weight is 473 g/mol. The number of rotatable bonds is 4. The van der Waals surface area contributed by atoms with E-state index in [0.29, 0.717) is 13.0 Å². The first-order valence-electron chi connectivity index (χ1n) is 11.3. The number of nitrogens with one attached hydrogen (secondary N) is 1. The fraction of sp³-hybridized carbons (Fsp3) is 0.864. The molecule has 31 heavy (non-hydrogen) atoms. The first kappa shape index (κ1) is 24.6. The summed E-state index contributed by atoms with van der Waals surface area (Å²) in [7, 11) is 1.37. The number of amides is 2. The summed E-state index contributed by atoms with van der Waals surface area (Å²) in [5, 5.41) is 2.87. The van der Waals surface area contributed by atoms with Crippen molar-refractivity contribution in [2.45, 2.75) is 87.5 Å². The molecule has 2 aliphatic heterocycles. The highest BCUT2D eigenvalue weighted by Gasteiger charge is 2.52. The van der Waals surface area contributed by atoms with Gasteiger partial charge in [-0.1, -0.05) is 19.3 Å². The summed E-state index contributed by atoms with van der Waals surface area (Å²) in [6.07, 6.45) is 6.15. The summed E-state index contributed by atoms with van der Waals surface area (Å²) in [4.78, 5) is 40.7. The molecule has 3 fully saturated rings. The lowest BCUT2D eigenvalue weighted by molar-refractivity contribution is -0.152. The zero-order valence-corrected chi connectivity index (χ0v) is 20.7. The van der Waals surface area contributed by atoms with E-state index in [1.54, 1.807) is 25.7 Å². The Kier molecular flexibility index (Phi) is 8.10. The molecule has 3 rings (SSSR count). The van der Waals surface area contributed by atoms with Gasteiger partial charge in [0.25, 0.3) is 0 Å². The van der Waals surface area contributed by atoms with Crippen molar-refractivity contribution in [3.63, 3.8) is 0 Å². The molecule has 0 aromatic carbocycles. The van der Waals surface area contributed by atoms with E-state index in [1.807, 2.05) is 23.5 Å². The second kappa shape index (κ2) is 10.2. The number of carbonyl (C=O) groups excluding carboxylic acids is 3. The number of hydrogen-bond donors (Lipinski definition) is 1. The molecule has 176 valence electrons. The molecule has 0 radical (unpaired) electrons. The van der Waals surface area contributed by atoms with Gasteiger partial charge < -0.3 is 19.7 Å². The predicted molar refractivity (Wildman–Crippen MR) is 124 cm³/mol. The number of ether oxygens (including phenoxy) is 2. The first-order chi connectivity index (χ1) is 14.6. The van der Waals surface area contributed by atoms with E-state index in [9.17, 15) is 14.4 Å². The predicted octanol–water partition coefficient (Wildman–Crippen LogP) is 3.80. The van der Waals surface area contributed by atoms with Crippen LogP contribution in [0.15, 0.2) is 0 Å². The molecular formula is C22H36N2O5S2. The molecule has 2 heterocycles. The van der Waals surface area contributed by atoms with Crippen LogP contribution < -0.4 is 5.32 Å². The maximum Gasteiger partial charge on any atom is 0.408 e. The molecule has 1 saturated carbocycles. The van der Waals surface area contributed by atoms with Crippen molar-refractivity contribution in [2.24, 2.45) is 5.92 Å². The lowest BCUT2D eigenvalue weighted by Crippen LogP contribution is -2.56. The molecule has 0 bridgehead atoms. The molecule has 1 aliphatic carbocycles. The molecule has 1 N–H and O–H groups in total. The fourth-order valence-electron chi connectivity index (χ4n) is 4.71. The zero-order chi connectivity index (χ0) is 22.6. The Morgan fingerprint density at radius 1 is 1.06 bits per heavy atom. The number of carbonyl (C=O) groups is 3. The Balaban J connectivity index is 1.83. The van der Waals surface area contributed by atoms with E-state index in [4.69, 9.17) is 9.47 Å². The van der Waals surface area contributed by atoms with Crippen LogP contribution in [0.2, 0.25) is 0 Å². The molecule has 1 unspecified atom stereocenters. The van der Waals surface area contributed by atoms with Crippen molar-refractivity contribution in [3.05, 3.63) is 0 Å². The minimum Gasteiger partial charge on any atom is -0.467 e. The highest BCUT2D eigenvalue weighted by atomic mass is 32.2. The molecule has 2 amide bonds. The lowest BCUT2D eigenvalue weighted by Gasteiger charge is -2.35. The number of thioether (sulfide) groups is 2. The zero-order valence-electron chi connectivity index (χ0n) is 19.1. The summed E-state index contributed by atoms with van der Waals surface area (Å²) in [5.41, 5.74) is -0.647. The molecule has 0 aromatic rings. The Morgan fingerprint density at radius 3 is 2.29 bits per heavy atom. The van der Waals surface area contributed by atoms with Crippen LogP contribution in [0.5, 0.6) is 0 Å². The topological polar surface area (TPSA) is 84.9 Å². The van der Waals surface area contributed by atoms with Crippen LogP contribution >= 0.6 is 23.5 Å². The molecule has 2 saturated heterocycles. The van der Waals surface area contributed by atoms with Gasteiger partial charge in [0.2, 0.25) is 5.91 Å². The Labute approximate surface area is 194 Å². The minimum atomic E-state index is -0.684. The van der Waals surface area contributed by atoms with E-state index >= 15 is 0 Å². The monoisotopic (exact) mass is 472 g/mol. The van der Waals surface area contributed by atoms with Crippen LogP contribution in [0.3, 0.4) is 0 Å². The van der Waals surface area contributed by atoms with Crippen LogP contribution in [-0.4, -0.2) is 69.8 Å². The van der Waals surface area contributed by atoms with Gasteiger partial charge in [-0.2, -0.15) is 0 Å². The number of alkyl carbamates (subject to hydrolysis) is 1. The third-order valence-electron chi connectivity index (χ3n) is 6.13. The normalized spacial score (nSPS) is 25.2. The van der Waals surface area contributed by atoms with Gasteiger partial charge in [0, 0.05) is 13.0 Å². The fourth-order valence-corrected chi connectivity index (χ4v) is 8.05. The smallest absolute Gasteiger partial charge is 0.408 e. The molecule has 3 aliphatic rings. The molecule has 0 aromatic heterocycles. The van der Waals surface area contributed by atoms with E-state index < -0.39 is 23.8 Å². The number of hydrogen-bond acceptors (Lipinski definition) is 7. The first-order valence-corrected chi connectivity index (χ1v) is 13.3. The van der Waals surface area contributed by atoms with Gasteiger partial charge in [-0.05, 0) is 57.5 Å². The van der Waals surface area contributed by atoms with Crippen LogP contribution in [0.4, 0.5) is 4.79 Å². The Bertz CT molecular complexity index is 669. The van der Waals surface area contributed by atoms with Gasteiger partial charge in [-0.3, -0.25) is 4.79 Å². The summed E-state index contributed by atoms with van der Waals surface area (Å²) in [6, 6.07) is -1.29. The molecule has 7 nitrogen and oxygen atoms in total. The molecule has 2 atom stereocenters. The van der Waals surface area contributed by atoms with Gasteiger partial charge in [0.1, 0.15) is 17.7 Å². The second-order valence-corrected chi connectivity index (χ2v) is 12.9. The van der Waals surface area contributed by atoms with Crippen molar-refractivity contribution in [1.29, 1.82) is 0 Å². The van der Waals surface area contributed by atoms with Gasteiger partial charge in [0.15, 0.2) is 0 Å². The SMILES string of the molecule is COC(=O)[C@@H]1CC2(CN1C(=O)C(NC(=O)OC(C)(C)C)C1CCCCC1)SCCCS2. The second-order valence-electron chi connectivity index (χ2n) is 9.69. The third-order valence-corrected chi connectivity index (χ3v) is 9.46. The maximum atomic E-state index is 13.8. The quantitative estimate of drug-likeness (QED) is 0.623. The third kappa shape index (κ3) is 6.24. The maximum absolute atomic E-state index is 13.8. The van der Waals surface area contributed by atoms with Crippen LogP contribution in [-0.2, 0) is 19.1 Å². The largest absolute Gasteiger partial charge is 0.467 e. The Morgan fingerprint density at radius 2 is 1.71 bits per heavy atom. The lowest BCUT2D eigenvalue weighted by atomic mass is 9.83. The van der Waals surface area contributed by atoms with Crippen molar-refractivity contribution in [3.8, 4) is 0 Å². The molecule has 1 spiro atoms. The highest BCUT2D eigenvalue weighted by molar-refractivity contribution is 8.18. The van der Waals surface area contributed by atoms with E-state index in [1.165, 1.54) is 7.11 Å². The summed E-state index contributed by atoms with van der Waals surface area (Å²) < 4.78 is 10.3. The highest BCUT2D eigenvalue weighted by Crippen LogP contribution is 2.50. The van der Waals surface area contributed by atoms with Crippen molar-refractivity contribution >= 4 is 41.5 Å². The van der Waals surface area contributed by atoms with Crippen LogP contribution in [0.25, 0.3) is 0 Å². The standard InChI is InChI=1S/C22H36N2O5S2/c1-21(2,3)29-20(27)23-17(15-9-6-5-7-10-15)18(25)24-14-22(30-11-8-12-31-22)13-16(24)19(26)28-4/h15-17H,5-14H2,1-4H3,(H,23,27)/t16-,17?/m0/s1. The molecular weight excluding hydrogens is 436 g/mol. The van der Waals surface area contributed by atoms with Gasteiger partial charge >= 0.3 is 12.1 Å². The number of esters is 1. The average Bonchev–Trinajstić information content (AvgIpc) is 3.09. The van der Waals surface area contributed by atoms with Crippen molar-refractivity contribution in [1.82, 2.24) is 10.2 Å². The van der Waals surface area contributed by atoms with Crippen LogP contribution in [0, 0.1) is 5.92 Å². The number of likely N-dealkylation sites (tertiary alicyclic amines) is 1. The van der Waals surface area contributed by atoms with Gasteiger partial charge in [-0.25, -0.2) is 9.59 Å². The summed E-state index contributed by atoms with van der Waals surface area (Å²) in [6.45, 7) is 5.91. The Hall–Kier alpha value is -1.09. The van der Waals surface area contributed by atoms with E-state index in [0.717, 1.165) is 50.0 Å². The number of methoxy groups -OCH3 is 1. The molecule has 9 heteroatoms. The van der Waals surface area contributed by atoms with Crippen molar-refractivity contribution in [2.75, 3.05) is 25.2 Å². The minimum absolute atomic E-state index is 0.0512. The van der Waals surface area contributed by atoms with E-state index in [-0.39, 0.29) is 21.9 Å². The summed E-state index contributed by atoms with van der Waals surface area (Å²) >= 11 is 3.69. The van der Waals surface area contributed by atoms with Gasteiger partial charge in [0.05, 0.1) is 11.2 Å². The van der Waals surface area contributed by atoms with Crippen molar-refractivity contribution < 1.29 is 23.9 Å². The van der Waals surface area contributed by atoms with E-state index in [2.05, 4.69) is 5.32 Å².